The van der Waals surface area contributed by atoms with Crippen LogP contribution in [0.1, 0.15) is 17.3 Å². The minimum atomic E-state index is -0.114. The van der Waals surface area contributed by atoms with E-state index in [0.717, 1.165) is 11.3 Å². The SMILES string of the molecule is C=CCNC(=O)c1ccc(OCC(=C)C)cc1. The molecule has 0 heterocycles. The summed E-state index contributed by atoms with van der Waals surface area (Å²) in [5.74, 6) is 0.615. The standard InChI is InChI=1S/C14H17NO2/c1-4-9-15-14(16)12-5-7-13(8-6-12)17-10-11(2)3/h4-8H,1-2,9-10H2,3H3,(H,15,16). The van der Waals surface area contributed by atoms with Crippen LogP contribution in [0.15, 0.2) is 49.1 Å². The Bertz CT molecular complexity index is 407. The van der Waals surface area contributed by atoms with Gasteiger partial charge in [0.25, 0.3) is 5.91 Å². The Kier molecular flexibility index (Phi) is 5.01. The molecule has 1 N–H and O–H groups in total. The normalized spacial score (nSPS) is 9.47. The number of rotatable bonds is 6. The largest absolute Gasteiger partial charge is 0.489 e. The van der Waals surface area contributed by atoms with Crippen molar-refractivity contribution in [2.24, 2.45) is 0 Å². The van der Waals surface area contributed by atoms with Crippen molar-refractivity contribution in [3.8, 4) is 5.75 Å². The molecule has 0 unspecified atom stereocenters. The van der Waals surface area contributed by atoms with Crippen LogP contribution in [0, 0.1) is 0 Å². The van der Waals surface area contributed by atoms with Crippen LogP contribution >= 0.6 is 0 Å². The molecule has 1 rings (SSSR count). The molecule has 90 valence electrons. The van der Waals surface area contributed by atoms with Gasteiger partial charge in [-0.2, -0.15) is 0 Å². The molecule has 0 radical (unpaired) electrons. The van der Waals surface area contributed by atoms with E-state index in [2.05, 4.69) is 18.5 Å². The molecule has 0 aliphatic carbocycles. The molecule has 0 saturated heterocycles. The molecule has 0 saturated carbocycles. The van der Waals surface area contributed by atoms with Crippen LogP contribution in [0.4, 0.5) is 0 Å². The van der Waals surface area contributed by atoms with Gasteiger partial charge in [0.2, 0.25) is 0 Å². The highest BCUT2D eigenvalue weighted by atomic mass is 16.5. The molecule has 0 aromatic heterocycles. The monoisotopic (exact) mass is 231 g/mol. The highest BCUT2D eigenvalue weighted by molar-refractivity contribution is 5.94. The molecule has 1 aromatic rings. The van der Waals surface area contributed by atoms with Crippen molar-refractivity contribution in [2.75, 3.05) is 13.2 Å². The van der Waals surface area contributed by atoms with Crippen molar-refractivity contribution in [1.82, 2.24) is 5.32 Å². The van der Waals surface area contributed by atoms with Crippen molar-refractivity contribution in [3.05, 3.63) is 54.6 Å². The lowest BCUT2D eigenvalue weighted by Crippen LogP contribution is -2.22. The number of ether oxygens (including phenoxy) is 1. The van der Waals surface area contributed by atoms with Gasteiger partial charge >= 0.3 is 0 Å². The van der Waals surface area contributed by atoms with Gasteiger partial charge in [-0.05, 0) is 36.8 Å². The van der Waals surface area contributed by atoms with Crippen molar-refractivity contribution in [2.45, 2.75) is 6.92 Å². The zero-order valence-corrected chi connectivity index (χ0v) is 10.0. The molecule has 1 amide bonds. The van der Waals surface area contributed by atoms with E-state index in [-0.39, 0.29) is 5.91 Å². The number of amides is 1. The van der Waals surface area contributed by atoms with E-state index in [1.165, 1.54) is 0 Å². The molecule has 0 bridgehead atoms. The van der Waals surface area contributed by atoms with Crippen molar-refractivity contribution in [1.29, 1.82) is 0 Å². The number of carbonyl (C=O) groups excluding carboxylic acids is 1. The van der Waals surface area contributed by atoms with Crippen molar-refractivity contribution >= 4 is 5.91 Å². The fraction of sp³-hybridized carbons (Fsp3) is 0.214. The summed E-state index contributed by atoms with van der Waals surface area (Å²) in [7, 11) is 0. The summed E-state index contributed by atoms with van der Waals surface area (Å²) < 4.78 is 5.44. The Morgan fingerprint density at radius 3 is 2.59 bits per heavy atom. The maximum atomic E-state index is 11.6. The predicted molar refractivity (Wildman–Crippen MR) is 69.3 cm³/mol. The number of carbonyl (C=O) groups is 1. The molecule has 0 spiro atoms. The molecule has 3 heteroatoms. The molecule has 0 aliphatic heterocycles. The average Bonchev–Trinajstić information content (AvgIpc) is 2.34. The molecule has 0 aliphatic rings. The molecule has 3 nitrogen and oxygen atoms in total. The van der Waals surface area contributed by atoms with Gasteiger partial charge in [0.1, 0.15) is 12.4 Å². The van der Waals surface area contributed by atoms with E-state index >= 15 is 0 Å². The van der Waals surface area contributed by atoms with Gasteiger partial charge < -0.3 is 10.1 Å². The molecule has 17 heavy (non-hydrogen) atoms. The first-order chi connectivity index (χ1) is 8.13. The van der Waals surface area contributed by atoms with Crippen LogP contribution in [-0.2, 0) is 0 Å². The minimum absolute atomic E-state index is 0.114. The number of benzene rings is 1. The summed E-state index contributed by atoms with van der Waals surface area (Å²) in [6, 6.07) is 7.00. The smallest absolute Gasteiger partial charge is 0.251 e. The zero-order chi connectivity index (χ0) is 12.7. The number of hydrogen-bond donors (Lipinski definition) is 1. The van der Waals surface area contributed by atoms with Crippen LogP contribution in [0.25, 0.3) is 0 Å². The first-order valence-electron chi connectivity index (χ1n) is 5.40. The van der Waals surface area contributed by atoms with E-state index < -0.39 is 0 Å². The second-order valence-electron chi connectivity index (χ2n) is 3.77. The van der Waals surface area contributed by atoms with Crippen molar-refractivity contribution < 1.29 is 9.53 Å². The lowest BCUT2D eigenvalue weighted by molar-refractivity contribution is 0.0958. The van der Waals surface area contributed by atoms with Crippen LogP contribution in [0.2, 0.25) is 0 Å². The first-order valence-corrected chi connectivity index (χ1v) is 5.40. The molecule has 1 aromatic carbocycles. The summed E-state index contributed by atoms with van der Waals surface area (Å²) in [5.41, 5.74) is 1.56. The molecular formula is C14H17NO2. The number of hydrogen-bond acceptors (Lipinski definition) is 2. The third-order valence-electron chi connectivity index (χ3n) is 2.01. The van der Waals surface area contributed by atoms with Crippen LogP contribution < -0.4 is 10.1 Å². The van der Waals surface area contributed by atoms with Gasteiger partial charge in [-0.25, -0.2) is 0 Å². The van der Waals surface area contributed by atoms with Gasteiger partial charge in [0, 0.05) is 12.1 Å². The fourth-order valence-corrected chi connectivity index (χ4v) is 1.18. The Hall–Kier alpha value is -2.03. The lowest BCUT2D eigenvalue weighted by Gasteiger charge is -2.06. The third-order valence-corrected chi connectivity index (χ3v) is 2.01. The number of nitrogens with one attached hydrogen (secondary N) is 1. The predicted octanol–water partition coefficient (Wildman–Crippen LogP) is 2.56. The second-order valence-corrected chi connectivity index (χ2v) is 3.77. The summed E-state index contributed by atoms with van der Waals surface area (Å²) in [6.07, 6.45) is 1.64. The van der Waals surface area contributed by atoms with E-state index in [1.807, 2.05) is 6.92 Å². The topological polar surface area (TPSA) is 38.3 Å². The maximum Gasteiger partial charge on any atom is 0.251 e. The molecule has 0 atom stereocenters. The Morgan fingerprint density at radius 1 is 1.41 bits per heavy atom. The van der Waals surface area contributed by atoms with Crippen molar-refractivity contribution in [3.63, 3.8) is 0 Å². The summed E-state index contributed by atoms with van der Waals surface area (Å²) >= 11 is 0. The average molecular weight is 231 g/mol. The van der Waals surface area contributed by atoms with Crippen LogP contribution in [-0.4, -0.2) is 19.1 Å². The Morgan fingerprint density at radius 2 is 2.06 bits per heavy atom. The van der Waals surface area contributed by atoms with E-state index in [1.54, 1.807) is 30.3 Å². The lowest BCUT2D eigenvalue weighted by atomic mass is 10.2. The first kappa shape index (κ1) is 13.0. The van der Waals surface area contributed by atoms with Gasteiger partial charge in [-0.15, -0.1) is 6.58 Å². The fourth-order valence-electron chi connectivity index (χ4n) is 1.18. The zero-order valence-electron chi connectivity index (χ0n) is 10.0. The van der Waals surface area contributed by atoms with E-state index in [4.69, 9.17) is 4.74 Å². The maximum absolute atomic E-state index is 11.6. The quantitative estimate of drug-likeness (QED) is 0.764. The highest BCUT2D eigenvalue weighted by Crippen LogP contribution is 2.12. The Balaban J connectivity index is 2.57. The van der Waals surface area contributed by atoms with Crippen LogP contribution in [0.3, 0.4) is 0 Å². The highest BCUT2D eigenvalue weighted by Gasteiger charge is 2.03. The van der Waals surface area contributed by atoms with Gasteiger partial charge in [0.05, 0.1) is 0 Å². The molecular weight excluding hydrogens is 214 g/mol. The van der Waals surface area contributed by atoms with E-state index in [0.29, 0.717) is 18.7 Å². The minimum Gasteiger partial charge on any atom is -0.489 e. The summed E-state index contributed by atoms with van der Waals surface area (Å²) in [5, 5.41) is 2.71. The van der Waals surface area contributed by atoms with Crippen LogP contribution in [0.5, 0.6) is 5.75 Å². The Labute approximate surface area is 102 Å². The second kappa shape index (κ2) is 6.53. The third kappa shape index (κ3) is 4.55. The summed E-state index contributed by atoms with van der Waals surface area (Å²) in [4.78, 5) is 11.6. The summed E-state index contributed by atoms with van der Waals surface area (Å²) in [6.45, 7) is 10.1. The van der Waals surface area contributed by atoms with E-state index in [9.17, 15) is 4.79 Å². The van der Waals surface area contributed by atoms with Gasteiger partial charge in [-0.1, -0.05) is 12.7 Å². The molecule has 0 fully saturated rings. The van der Waals surface area contributed by atoms with Gasteiger partial charge in [-0.3, -0.25) is 4.79 Å². The van der Waals surface area contributed by atoms with Gasteiger partial charge in [0.15, 0.2) is 0 Å².